The lowest BCUT2D eigenvalue weighted by molar-refractivity contribution is -0.900. The lowest BCUT2D eigenvalue weighted by Gasteiger charge is -2.27. The maximum atomic E-state index is 12.2. The fourth-order valence-electron chi connectivity index (χ4n) is 3.13. The van der Waals surface area contributed by atoms with Gasteiger partial charge in [0.05, 0.1) is 29.8 Å². The summed E-state index contributed by atoms with van der Waals surface area (Å²) in [5.74, 6) is 0.687. The van der Waals surface area contributed by atoms with Crippen LogP contribution < -0.4 is 15.9 Å². The van der Waals surface area contributed by atoms with Crippen LogP contribution in [0.4, 0.5) is 5.69 Å². The van der Waals surface area contributed by atoms with Crippen LogP contribution in [0.15, 0.2) is 21.4 Å². The number of amides is 1. The van der Waals surface area contributed by atoms with Gasteiger partial charge in [0, 0.05) is 10.4 Å². The number of rotatable bonds is 3. The number of imidazole rings is 1. The number of likely N-dealkylation sites (tertiary alicyclic amines) is 1. The van der Waals surface area contributed by atoms with Crippen LogP contribution in [-0.2, 0) is 4.79 Å². The van der Waals surface area contributed by atoms with Crippen LogP contribution in [-0.4, -0.2) is 35.5 Å². The van der Waals surface area contributed by atoms with Gasteiger partial charge in [-0.3, -0.25) is 4.79 Å². The molecule has 2 atom stereocenters. The highest BCUT2D eigenvalue weighted by atomic mass is 79.9. The molecule has 1 aliphatic rings. The number of anilines is 1. The molecule has 6 nitrogen and oxygen atoms in total. The number of aromatic nitrogens is 2. The maximum absolute atomic E-state index is 12.2. The highest BCUT2D eigenvalue weighted by Crippen LogP contribution is 2.26. The Kier molecular flexibility index (Phi) is 4.35. The lowest BCUT2D eigenvalue weighted by atomic mass is 10.0. The van der Waals surface area contributed by atoms with E-state index in [9.17, 15) is 9.59 Å². The molecule has 0 saturated carbocycles. The largest absolute Gasteiger partial charge is 0.327 e. The molecular weight excluding hydrogens is 348 g/mol. The molecular formula is C15H20BrN4O2+. The first-order valence-electron chi connectivity index (χ1n) is 7.56. The van der Waals surface area contributed by atoms with Gasteiger partial charge in [-0.15, -0.1) is 0 Å². The molecule has 1 fully saturated rings. The van der Waals surface area contributed by atoms with Crippen molar-refractivity contribution in [1.29, 1.82) is 0 Å². The van der Waals surface area contributed by atoms with Crippen LogP contribution in [0.3, 0.4) is 0 Å². The second-order valence-electron chi connectivity index (χ2n) is 6.13. The van der Waals surface area contributed by atoms with Gasteiger partial charge >= 0.3 is 5.69 Å². The molecule has 7 heteroatoms. The molecule has 2 heterocycles. The van der Waals surface area contributed by atoms with Crippen LogP contribution in [0.2, 0.25) is 0 Å². The van der Waals surface area contributed by atoms with E-state index in [1.165, 1.54) is 17.7 Å². The average Bonchev–Trinajstić information content (AvgIpc) is 2.78. The Morgan fingerprint density at radius 2 is 2.14 bits per heavy atom. The van der Waals surface area contributed by atoms with E-state index in [1.54, 1.807) is 12.1 Å². The van der Waals surface area contributed by atoms with E-state index in [2.05, 4.69) is 38.1 Å². The second kappa shape index (κ2) is 6.26. The van der Waals surface area contributed by atoms with Crippen molar-refractivity contribution in [3.63, 3.8) is 0 Å². The lowest BCUT2D eigenvalue weighted by Crippen LogP contribution is -3.14. The quantitative estimate of drug-likeness (QED) is 0.649. The Morgan fingerprint density at radius 1 is 1.41 bits per heavy atom. The van der Waals surface area contributed by atoms with E-state index in [0.717, 1.165) is 17.6 Å². The molecule has 4 N–H and O–H groups in total. The van der Waals surface area contributed by atoms with Crippen molar-refractivity contribution in [2.75, 3.05) is 25.0 Å². The zero-order valence-corrected chi connectivity index (χ0v) is 14.0. The standard InChI is InChI=1S/C15H19BrN4O2/c1-9-3-2-4-20(7-9)8-14(21)17-11-6-13-12(5-10(11)16)18-15(22)19-13/h5-6,9H,2-4,7-8H2,1H3,(H,17,21)(H2,18,19,22)/p+1/t9-/m1/s1. The molecule has 0 spiro atoms. The SMILES string of the molecule is C[C@@H]1CCC[NH+](CC(=O)Nc2cc3[nH]c(=O)[nH]c3cc2Br)C1. The van der Waals surface area contributed by atoms with Gasteiger partial charge in [0.2, 0.25) is 0 Å². The Balaban J connectivity index is 1.70. The number of halogens is 1. The smallest absolute Gasteiger partial charge is 0.323 e. The molecule has 2 aromatic rings. The maximum Gasteiger partial charge on any atom is 0.323 e. The highest BCUT2D eigenvalue weighted by molar-refractivity contribution is 9.10. The summed E-state index contributed by atoms with van der Waals surface area (Å²) in [6, 6.07) is 3.56. The van der Waals surface area contributed by atoms with Gasteiger partial charge in [-0.2, -0.15) is 0 Å². The van der Waals surface area contributed by atoms with Crippen molar-refractivity contribution in [1.82, 2.24) is 9.97 Å². The number of fused-ring (bicyclic) bond motifs is 1. The third-order valence-corrected chi connectivity index (χ3v) is 4.81. The molecule has 1 unspecified atom stereocenters. The van der Waals surface area contributed by atoms with Crippen molar-refractivity contribution in [2.45, 2.75) is 19.8 Å². The van der Waals surface area contributed by atoms with Crippen LogP contribution in [0, 0.1) is 5.92 Å². The van der Waals surface area contributed by atoms with Gasteiger partial charge in [-0.1, -0.05) is 6.92 Å². The molecule has 3 rings (SSSR count). The van der Waals surface area contributed by atoms with Gasteiger partial charge in [-0.05, 0) is 40.9 Å². The predicted molar refractivity (Wildman–Crippen MR) is 89.2 cm³/mol. The normalized spacial score (nSPS) is 21.9. The number of hydrogen-bond acceptors (Lipinski definition) is 2. The van der Waals surface area contributed by atoms with Crippen molar-refractivity contribution < 1.29 is 9.69 Å². The number of carbonyl (C=O) groups excluding carboxylic acids is 1. The van der Waals surface area contributed by atoms with Crippen molar-refractivity contribution in [3.8, 4) is 0 Å². The van der Waals surface area contributed by atoms with Crippen LogP contribution in [0.5, 0.6) is 0 Å². The van der Waals surface area contributed by atoms with Gasteiger partial charge in [-0.25, -0.2) is 4.79 Å². The topological polar surface area (TPSA) is 82.2 Å². The number of H-pyrrole nitrogens is 2. The molecule has 0 aliphatic carbocycles. The fraction of sp³-hybridized carbons (Fsp3) is 0.467. The van der Waals surface area contributed by atoms with Gasteiger partial charge in [0.15, 0.2) is 6.54 Å². The molecule has 118 valence electrons. The van der Waals surface area contributed by atoms with Crippen molar-refractivity contribution >= 4 is 38.6 Å². The number of quaternary nitrogens is 1. The fourth-order valence-corrected chi connectivity index (χ4v) is 3.57. The third-order valence-electron chi connectivity index (χ3n) is 4.15. The minimum absolute atomic E-state index is 0.00188. The van der Waals surface area contributed by atoms with E-state index >= 15 is 0 Å². The van der Waals surface area contributed by atoms with E-state index < -0.39 is 0 Å². The zero-order chi connectivity index (χ0) is 15.7. The summed E-state index contributed by atoms with van der Waals surface area (Å²) in [5, 5.41) is 2.93. The predicted octanol–water partition coefficient (Wildman–Crippen LogP) is 0.872. The summed E-state index contributed by atoms with van der Waals surface area (Å²) in [6.07, 6.45) is 2.44. The van der Waals surface area contributed by atoms with Crippen LogP contribution >= 0.6 is 15.9 Å². The van der Waals surface area contributed by atoms with Crippen LogP contribution in [0.1, 0.15) is 19.8 Å². The molecule has 22 heavy (non-hydrogen) atoms. The summed E-state index contributed by atoms with van der Waals surface area (Å²) < 4.78 is 0.755. The molecule has 0 bridgehead atoms. The molecule has 1 amide bonds. The van der Waals surface area contributed by atoms with E-state index in [0.29, 0.717) is 29.2 Å². The number of benzene rings is 1. The summed E-state index contributed by atoms with van der Waals surface area (Å²) in [5.41, 5.74) is 1.82. The number of carbonyl (C=O) groups is 1. The van der Waals surface area contributed by atoms with E-state index in [-0.39, 0.29) is 11.6 Å². The van der Waals surface area contributed by atoms with Gasteiger partial charge in [0.25, 0.3) is 5.91 Å². The first-order chi connectivity index (χ1) is 10.5. The van der Waals surface area contributed by atoms with Crippen molar-refractivity contribution in [3.05, 3.63) is 27.1 Å². The summed E-state index contributed by atoms with van der Waals surface area (Å²) in [6.45, 7) is 4.84. The van der Waals surface area contributed by atoms with Crippen molar-refractivity contribution in [2.24, 2.45) is 5.92 Å². The Morgan fingerprint density at radius 3 is 2.86 bits per heavy atom. The minimum Gasteiger partial charge on any atom is -0.327 e. The number of piperidine rings is 1. The Labute approximate surface area is 136 Å². The minimum atomic E-state index is -0.253. The second-order valence-corrected chi connectivity index (χ2v) is 6.99. The average molecular weight is 368 g/mol. The van der Waals surface area contributed by atoms with Crippen LogP contribution in [0.25, 0.3) is 11.0 Å². The number of hydrogen-bond donors (Lipinski definition) is 4. The molecule has 0 radical (unpaired) electrons. The first kappa shape index (κ1) is 15.3. The number of nitrogens with one attached hydrogen (secondary N) is 4. The van der Waals surface area contributed by atoms with E-state index in [4.69, 9.17) is 0 Å². The molecule has 1 saturated heterocycles. The molecule has 1 aliphatic heterocycles. The summed E-state index contributed by atoms with van der Waals surface area (Å²) in [7, 11) is 0. The van der Waals surface area contributed by atoms with E-state index in [1.807, 2.05) is 0 Å². The molecule has 1 aromatic carbocycles. The van der Waals surface area contributed by atoms with Gasteiger partial charge < -0.3 is 20.2 Å². The molecule has 1 aromatic heterocycles. The Bertz CT molecular complexity index is 752. The monoisotopic (exact) mass is 367 g/mol. The summed E-state index contributed by atoms with van der Waals surface area (Å²) in [4.78, 5) is 30.3. The number of aromatic amines is 2. The Hall–Kier alpha value is -1.60. The van der Waals surface area contributed by atoms with Gasteiger partial charge in [0.1, 0.15) is 0 Å². The first-order valence-corrected chi connectivity index (χ1v) is 8.35. The summed E-state index contributed by atoms with van der Waals surface area (Å²) >= 11 is 3.43. The highest BCUT2D eigenvalue weighted by Gasteiger charge is 2.22. The third kappa shape index (κ3) is 3.41. The zero-order valence-electron chi connectivity index (χ0n) is 12.5.